The fourth-order valence-electron chi connectivity index (χ4n) is 2.68. The van der Waals surface area contributed by atoms with E-state index >= 15 is 0 Å². The number of carbonyl (C=O) groups is 2. The van der Waals surface area contributed by atoms with Gasteiger partial charge in [0, 0.05) is 16.6 Å². The number of nitrogens with zero attached hydrogens (tertiary/aromatic N) is 2. The van der Waals surface area contributed by atoms with Crippen LogP contribution < -0.4 is 16.6 Å². The third-order valence-corrected chi connectivity index (χ3v) is 4.54. The molecule has 8 heteroatoms. The van der Waals surface area contributed by atoms with E-state index in [1.54, 1.807) is 36.4 Å². The maximum atomic E-state index is 12.5. The summed E-state index contributed by atoms with van der Waals surface area (Å²) >= 11 is 3.33. The van der Waals surface area contributed by atoms with Crippen LogP contribution in [-0.2, 0) is 17.8 Å². The molecule has 0 aliphatic carbocycles. The molecule has 3 rings (SSSR count). The highest BCUT2D eigenvalue weighted by atomic mass is 79.9. The number of primary amides is 1. The first kappa shape index (κ1) is 18.8. The Balaban J connectivity index is 1.62. The summed E-state index contributed by atoms with van der Waals surface area (Å²) in [5.41, 5.74) is 6.88. The molecule has 0 unspecified atom stereocenters. The highest BCUT2D eigenvalue weighted by Gasteiger charge is 2.09. The zero-order valence-electron chi connectivity index (χ0n) is 14.3. The zero-order valence-corrected chi connectivity index (χ0v) is 15.9. The van der Waals surface area contributed by atoms with Crippen molar-refractivity contribution >= 4 is 38.6 Å². The van der Waals surface area contributed by atoms with Crippen molar-refractivity contribution in [2.24, 2.45) is 5.73 Å². The molecular weight excluding hydrogens is 412 g/mol. The van der Waals surface area contributed by atoms with Gasteiger partial charge in [-0.2, -0.15) is 0 Å². The fraction of sp³-hybridized carbons (Fsp3) is 0.158. The van der Waals surface area contributed by atoms with Gasteiger partial charge in [0.2, 0.25) is 11.8 Å². The van der Waals surface area contributed by atoms with E-state index in [0.29, 0.717) is 29.4 Å². The minimum atomic E-state index is -0.490. The SMILES string of the molecule is NC(=O)c1cccc(CCNC(=O)Cn2cnc3ccc(Br)cc3c2=O)c1. The maximum Gasteiger partial charge on any atom is 0.261 e. The Morgan fingerprint density at radius 2 is 2.00 bits per heavy atom. The largest absolute Gasteiger partial charge is 0.366 e. The second-order valence-electron chi connectivity index (χ2n) is 6.00. The standard InChI is InChI=1S/C19H17BrN4O3/c20-14-4-5-16-15(9-14)19(27)24(11-23-16)10-17(25)22-7-6-12-2-1-3-13(8-12)18(21)26/h1-5,8-9,11H,6-7,10H2,(H2,21,26)(H,22,25). The normalized spacial score (nSPS) is 10.7. The highest BCUT2D eigenvalue weighted by Crippen LogP contribution is 2.14. The Labute approximate surface area is 163 Å². The van der Waals surface area contributed by atoms with Crippen molar-refractivity contribution in [1.29, 1.82) is 0 Å². The van der Waals surface area contributed by atoms with E-state index in [2.05, 4.69) is 26.2 Å². The Morgan fingerprint density at radius 1 is 1.19 bits per heavy atom. The van der Waals surface area contributed by atoms with E-state index < -0.39 is 5.91 Å². The molecule has 7 nitrogen and oxygen atoms in total. The second-order valence-corrected chi connectivity index (χ2v) is 6.92. The predicted molar refractivity (Wildman–Crippen MR) is 105 cm³/mol. The number of hydrogen-bond acceptors (Lipinski definition) is 4. The zero-order chi connectivity index (χ0) is 19.4. The number of nitrogens with two attached hydrogens (primary N) is 1. The molecule has 2 amide bonds. The molecule has 0 aliphatic rings. The van der Waals surface area contributed by atoms with Gasteiger partial charge in [0.25, 0.3) is 5.56 Å². The maximum absolute atomic E-state index is 12.5. The van der Waals surface area contributed by atoms with Gasteiger partial charge >= 0.3 is 0 Å². The molecule has 1 aromatic heterocycles. The molecule has 0 fully saturated rings. The van der Waals surface area contributed by atoms with Crippen LogP contribution in [0.25, 0.3) is 10.9 Å². The lowest BCUT2D eigenvalue weighted by atomic mass is 10.1. The van der Waals surface area contributed by atoms with Crippen molar-refractivity contribution < 1.29 is 9.59 Å². The fourth-order valence-corrected chi connectivity index (χ4v) is 3.04. The van der Waals surface area contributed by atoms with Gasteiger partial charge in [0.05, 0.1) is 17.2 Å². The number of aromatic nitrogens is 2. The van der Waals surface area contributed by atoms with E-state index in [0.717, 1.165) is 10.0 Å². The number of benzene rings is 2. The third kappa shape index (κ3) is 4.59. The Hall–Kier alpha value is -3.00. The molecule has 0 saturated carbocycles. The summed E-state index contributed by atoms with van der Waals surface area (Å²) in [6, 6.07) is 12.2. The summed E-state index contributed by atoms with van der Waals surface area (Å²) in [5.74, 6) is -0.782. The molecule has 1 heterocycles. The smallest absolute Gasteiger partial charge is 0.261 e. The molecule has 3 N–H and O–H groups in total. The van der Waals surface area contributed by atoms with Crippen molar-refractivity contribution in [3.05, 3.63) is 74.7 Å². The summed E-state index contributed by atoms with van der Waals surface area (Å²) < 4.78 is 2.05. The van der Waals surface area contributed by atoms with Gasteiger partial charge in [0.1, 0.15) is 6.54 Å². The van der Waals surface area contributed by atoms with Gasteiger partial charge in [-0.15, -0.1) is 0 Å². The highest BCUT2D eigenvalue weighted by molar-refractivity contribution is 9.10. The topological polar surface area (TPSA) is 107 Å². The quantitative estimate of drug-likeness (QED) is 0.621. The molecule has 0 atom stereocenters. The Morgan fingerprint density at radius 3 is 2.78 bits per heavy atom. The van der Waals surface area contributed by atoms with Crippen LogP contribution in [0.1, 0.15) is 15.9 Å². The molecule has 0 spiro atoms. The lowest BCUT2D eigenvalue weighted by Gasteiger charge is -2.08. The summed E-state index contributed by atoms with van der Waals surface area (Å²) in [6.07, 6.45) is 1.92. The van der Waals surface area contributed by atoms with Gasteiger partial charge in [-0.1, -0.05) is 28.1 Å². The van der Waals surface area contributed by atoms with Crippen LogP contribution in [0.3, 0.4) is 0 Å². The van der Waals surface area contributed by atoms with E-state index in [-0.39, 0.29) is 18.0 Å². The van der Waals surface area contributed by atoms with Crippen molar-refractivity contribution in [3.8, 4) is 0 Å². The number of carbonyl (C=O) groups excluding carboxylic acids is 2. The van der Waals surface area contributed by atoms with Crippen molar-refractivity contribution in [2.45, 2.75) is 13.0 Å². The molecule has 138 valence electrons. The van der Waals surface area contributed by atoms with Crippen LogP contribution in [-0.4, -0.2) is 27.9 Å². The predicted octanol–water partition coefficient (Wildman–Crippen LogP) is 1.62. The van der Waals surface area contributed by atoms with Crippen molar-refractivity contribution in [2.75, 3.05) is 6.54 Å². The summed E-state index contributed by atoms with van der Waals surface area (Å²) in [4.78, 5) is 40.0. The Kier molecular flexibility index (Phi) is 5.66. The monoisotopic (exact) mass is 428 g/mol. The van der Waals surface area contributed by atoms with Crippen molar-refractivity contribution in [3.63, 3.8) is 0 Å². The van der Waals surface area contributed by atoms with Gasteiger partial charge in [0.15, 0.2) is 0 Å². The van der Waals surface area contributed by atoms with E-state index in [1.807, 2.05) is 6.07 Å². The molecule has 0 saturated heterocycles. The molecule has 27 heavy (non-hydrogen) atoms. The third-order valence-electron chi connectivity index (χ3n) is 4.05. The lowest BCUT2D eigenvalue weighted by Crippen LogP contribution is -2.33. The molecule has 0 bridgehead atoms. The van der Waals surface area contributed by atoms with Crippen LogP contribution in [0.4, 0.5) is 0 Å². The summed E-state index contributed by atoms with van der Waals surface area (Å²) in [5, 5.41) is 3.21. The van der Waals surface area contributed by atoms with E-state index in [4.69, 9.17) is 5.73 Å². The number of amides is 2. The molecular formula is C19H17BrN4O3. The molecule has 3 aromatic rings. The van der Waals surface area contributed by atoms with Crippen LogP contribution in [0, 0.1) is 0 Å². The first-order valence-electron chi connectivity index (χ1n) is 8.24. The van der Waals surface area contributed by atoms with Crippen molar-refractivity contribution in [1.82, 2.24) is 14.9 Å². The summed E-state index contributed by atoms with van der Waals surface area (Å²) in [6.45, 7) is 0.262. The first-order chi connectivity index (χ1) is 12.9. The average Bonchev–Trinajstić information content (AvgIpc) is 2.65. The van der Waals surface area contributed by atoms with Gasteiger partial charge < -0.3 is 11.1 Å². The molecule has 2 aromatic carbocycles. The van der Waals surface area contributed by atoms with Crippen LogP contribution >= 0.6 is 15.9 Å². The van der Waals surface area contributed by atoms with Gasteiger partial charge in [-0.05, 0) is 42.3 Å². The second kappa shape index (κ2) is 8.13. The van der Waals surface area contributed by atoms with Gasteiger partial charge in [-0.3, -0.25) is 19.0 Å². The first-order valence-corrected chi connectivity index (χ1v) is 9.03. The van der Waals surface area contributed by atoms with E-state index in [9.17, 15) is 14.4 Å². The molecule has 0 aliphatic heterocycles. The number of hydrogen-bond donors (Lipinski definition) is 2. The Bertz CT molecular complexity index is 1080. The average molecular weight is 429 g/mol. The summed E-state index contributed by atoms with van der Waals surface area (Å²) in [7, 11) is 0. The minimum absolute atomic E-state index is 0.115. The molecule has 0 radical (unpaired) electrons. The number of halogens is 1. The van der Waals surface area contributed by atoms with Crippen LogP contribution in [0.5, 0.6) is 0 Å². The number of fused-ring (bicyclic) bond motifs is 1. The van der Waals surface area contributed by atoms with E-state index in [1.165, 1.54) is 10.9 Å². The lowest BCUT2D eigenvalue weighted by molar-refractivity contribution is -0.121. The van der Waals surface area contributed by atoms with Crippen LogP contribution in [0.15, 0.2) is 58.1 Å². The van der Waals surface area contributed by atoms with Gasteiger partial charge in [-0.25, -0.2) is 4.98 Å². The number of nitrogens with one attached hydrogen (secondary N) is 1. The van der Waals surface area contributed by atoms with Crippen LogP contribution in [0.2, 0.25) is 0 Å². The number of rotatable bonds is 6. The minimum Gasteiger partial charge on any atom is -0.366 e.